The second-order valence-corrected chi connectivity index (χ2v) is 9.05. The molecule has 0 heterocycles. The first-order chi connectivity index (χ1) is 11.7. The minimum atomic E-state index is -3.63. The summed E-state index contributed by atoms with van der Waals surface area (Å²) in [5, 5.41) is 9.85. The summed E-state index contributed by atoms with van der Waals surface area (Å²) in [6, 6.07) is 0. The number of quaternary nitrogens is 1. The highest BCUT2D eigenvalue weighted by Crippen LogP contribution is 2.48. The molecular formula is C17H39NO6P+. The van der Waals surface area contributed by atoms with Crippen LogP contribution in [-0.4, -0.2) is 76.9 Å². The first-order valence-corrected chi connectivity index (χ1v) is 10.7. The molecule has 0 saturated carbocycles. The number of hydrogen-bond donors (Lipinski definition) is 1. The van der Waals surface area contributed by atoms with E-state index in [1.807, 2.05) is 21.1 Å². The molecule has 0 fully saturated rings. The van der Waals surface area contributed by atoms with Crippen molar-refractivity contribution in [1.29, 1.82) is 0 Å². The van der Waals surface area contributed by atoms with Crippen LogP contribution in [0.1, 0.15) is 45.4 Å². The van der Waals surface area contributed by atoms with Gasteiger partial charge in [0.2, 0.25) is 0 Å². The molecule has 7 nitrogen and oxygen atoms in total. The summed E-state index contributed by atoms with van der Waals surface area (Å²) in [6.45, 7) is 3.73. The van der Waals surface area contributed by atoms with Crippen molar-refractivity contribution in [3.8, 4) is 0 Å². The van der Waals surface area contributed by atoms with Gasteiger partial charge >= 0.3 is 7.82 Å². The second-order valence-electron chi connectivity index (χ2n) is 7.27. The number of aliphatic hydroxyl groups is 1. The highest BCUT2D eigenvalue weighted by Gasteiger charge is 2.27. The standard InChI is InChI=1S/C17H39NO6P/c1-6-7-8-9-10-11-13-22-15-17(19)16-24-25(20,21-5)23-14-12-18(2,3)4/h17,19H,6-16H2,1-5H3/q+1. The summed E-state index contributed by atoms with van der Waals surface area (Å²) in [4.78, 5) is 0. The van der Waals surface area contributed by atoms with Crippen molar-refractivity contribution >= 4 is 7.82 Å². The maximum absolute atomic E-state index is 12.2. The van der Waals surface area contributed by atoms with Gasteiger partial charge in [0.05, 0.1) is 34.4 Å². The third-order valence-electron chi connectivity index (χ3n) is 3.61. The van der Waals surface area contributed by atoms with Crippen LogP contribution >= 0.6 is 7.82 Å². The van der Waals surface area contributed by atoms with E-state index >= 15 is 0 Å². The van der Waals surface area contributed by atoms with Gasteiger partial charge in [-0.1, -0.05) is 39.0 Å². The summed E-state index contributed by atoms with van der Waals surface area (Å²) >= 11 is 0. The number of hydrogen-bond acceptors (Lipinski definition) is 6. The van der Waals surface area contributed by atoms with E-state index in [1.54, 1.807) is 0 Å². The van der Waals surface area contributed by atoms with Gasteiger partial charge in [-0.05, 0) is 6.42 Å². The highest BCUT2D eigenvalue weighted by atomic mass is 31.2. The summed E-state index contributed by atoms with van der Waals surface area (Å²) in [7, 11) is 3.67. The van der Waals surface area contributed by atoms with E-state index in [0.717, 1.165) is 12.8 Å². The van der Waals surface area contributed by atoms with Crippen molar-refractivity contribution in [3.05, 3.63) is 0 Å². The largest absolute Gasteiger partial charge is 0.474 e. The lowest BCUT2D eigenvalue weighted by atomic mass is 10.1. The van der Waals surface area contributed by atoms with Gasteiger partial charge < -0.3 is 14.3 Å². The SMILES string of the molecule is CCCCCCCCOCC(O)COP(=O)(OC)OCC[N+](C)(C)C. The van der Waals surface area contributed by atoms with Gasteiger partial charge in [0, 0.05) is 13.7 Å². The minimum absolute atomic E-state index is 0.147. The Kier molecular flexibility index (Phi) is 14.1. The number of nitrogens with zero attached hydrogens (tertiary/aromatic N) is 1. The number of likely N-dealkylation sites (N-methyl/N-ethyl adjacent to an activating group) is 1. The Morgan fingerprint density at radius 3 is 2.20 bits per heavy atom. The molecule has 0 amide bonds. The number of phosphoric ester groups is 1. The molecule has 152 valence electrons. The number of rotatable bonds is 17. The molecule has 25 heavy (non-hydrogen) atoms. The van der Waals surface area contributed by atoms with E-state index < -0.39 is 13.9 Å². The zero-order valence-corrected chi connectivity index (χ0v) is 17.6. The molecule has 0 saturated heterocycles. The molecule has 0 aromatic carbocycles. The quantitative estimate of drug-likeness (QED) is 0.236. The third-order valence-corrected chi connectivity index (χ3v) is 5.02. The second kappa shape index (κ2) is 14.1. The van der Waals surface area contributed by atoms with Crippen LogP contribution in [0.2, 0.25) is 0 Å². The van der Waals surface area contributed by atoms with Crippen LogP contribution in [0.4, 0.5) is 0 Å². The predicted molar refractivity (Wildman–Crippen MR) is 99.6 cm³/mol. The lowest BCUT2D eigenvalue weighted by molar-refractivity contribution is -0.870. The van der Waals surface area contributed by atoms with Crippen molar-refractivity contribution in [2.45, 2.75) is 51.6 Å². The Balaban J connectivity index is 3.78. The first kappa shape index (κ1) is 25.0. The van der Waals surface area contributed by atoms with Gasteiger partial charge in [-0.3, -0.25) is 13.6 Å². The molecular weight excluding hydrogens is 345 g/mol. The fourth-order valence-corrected chi connectivity index (χ4v) is 2.94. The molecule has 2 unspecified atom stereocenters. The first-order valence-electron chi connectivity index (χ1n) is 9.23. The summed E-state index contributed by atoms with van der Waals surface area (Å²) in [5.74, 6) is 0. The molecule has 0 aliphatic carbocycles. The van der Waals surface area contributed by atoms with Gasteiger partial charge in [-0.2, -0.15) is 0 Å². The van der Waals surface area contributed by atoms with Crippen LogP contribution in [0.25, 0.3) is 0 Å². The predicted octanol–water partition coefficient (Wildman–Crippen LogP) is 3.22. The minimum Gasteiger partial charge on any atom is -0.388 e. The Hall–Kier alpha value is -0.0100. The monoisotopic (exact) mass is 384 g/mol. The van der Waals surface area contributed by atoms with E-state index in [0.29, 0.717) is 17.6 Å². The molecule has 8 heteroatoms. The fraction of sp³-hybridized carbons (Fsp3) is 1.00. The van der Waals surface area contributed by atoms with Crippen molar-refractivity contribution in [1.82, 2.24) is 0 Å². The Morgan fingerprint density at radius 1 is 0.960 bits per heavy atom. The van der Waals surface area contributed by atoms with Crippen molar-refractivity contribution < 1.29 is 32.5 Å². The zero-order chi connectivity index (χ0) is 19.2. The lowest BCUT2D eigenvalue weighted by Gasteiger charge is -2.24. The average Bonchev–Trinajstić information content (AvgIpc) is 2.54. The van der Waals surface area contributed by atoms with Crippen molar-refractivity contribution in [3.63, 3.8) is 0 Å². The van der Waals surface area contributed by atoms with Crippen LogP contribution in [0.5, 0.6) is 0 Å². The third kappa shape index (κ3) is 15.9. The normalized spacial score (nSPS) is 15.9. The number of ether oxygens (including phenoxy) is 1. The van der Waals surface area contributed by atoms with Crippen LogP contribution in [-0.2, 0) is 22.9 Å². The Bertz CT molecular complexity index is 362. The fourth-order valence-electron chi connectivity index (χ4n) is 2.00. The molecule has 0 spiro atoms. The van der Waals surface area contributed by atoms with Crippen LogP contribution in [0.15, 0.2) is 0 Å². The Morgan fingerprint density at radius 2 is 1.60 bits per heavy atom. The van der Waals surface area contributed by atoms with Crippen LogP contribution in [0, 0.1) is 0 Å². The van der Waals surface area contributed by atoms with E-state index in [-0.39, 0.29) is 19.8 Å². The molecule has 0 aromatic rings. The Labute approximate surface area is 153 Å². The summed E-state index contributed by atoms with van der Waals surface area (Å²) < 4.78 is 33.6. The number of unbranched alkanes of at least 4 members (excludes halogenated alkanes) is 5. The molecule has 1 N–H and O–H groups in total. The van der Waals surface area contributed by atoms with E-state index in [1.165, 1.54) is 32.8 Å². The van der Waals surface area contributed by atoms with E-state index in [9.17, 15) is 9.67 Å². The molecule has 0 bridgehead atoms. The molecule has 0 aromatic heterocycles. The molecule has 0 radical (unpaired) electrons. The zero-order valence-electron chi connectivity index (χ0n) is 16.7. The maximum Gasteiger partial charge on any atom is 0.474 e. The summed E-state index contributed by atoms with van der Waals surface area (Å²) in [5.41, 5.74) is 0. The highest BCUT2D eigenvalue weighted by molar-refractivity contribution is 7.48. The van der Waals surface area contributed by atoms with Crippen molar-refractivity contribution in [2.24, 2.45) is 0 Å². The van der Waals surface area contributed by atoms with E-state index in [2.05, 4.69) is 6.92 Å². The average molecular weight is 384 g/mol. The molecule has 0 aliphatic rings. The number of aliphatic hydroxyl groups excluding tert-OH is 1. The van der Waals surface area contributed by atoms with Crippen molar-refractivity contribution in [2.75, 3.05) is 61.2 Å². The van der Waals surface area contributed by atoms with Crippen LogP contribution < -0.4 is 0 Å². The summed E-state index contributed by atoms with van der Waals surface area (Å²) in [6.07, 6.45) is 6.30. The van der Waals surface area contributed by atoms with Gasteiger partial charge in [-0.25, -0.2) is 4.57 Å². The van der Waals surface area contributed by atoms with E-state index in [4.69, 9.17) is 18.3 Å². The van der Waals surface area contributed by atoms with Gasteiger partial charge in [0.15, 0.2) is 0 Å². The molecule has 2 atom stereocenters. The molecule has 0 aliphatic heterocycles. The smallest absolute Gasteiger partial charge is 0.388 e. The van der Waals surface area contributed by atoms with Gasteiger partial charge in [0.1, 0.15) is 19.3 Å². The topological polar surface area (TPSA) is 74.2 Å². The van der Waals surface area contributed by atoms with Gasteiger partial charge in [0.25, 0.3) is 0 Å². The molecule has 0 rings (SSSR count). The maximum atomic E-state index is 12.2. The van der Waals surface area contributed by atoms with Gasteiger partial charge in [-0.15, -0.1) is 0 Å². The van der Waals surface area contributed by atoms with Crippen LogP contribution in [0.3, 0.4) is 0 Å². The number of phosphoric acid groups is 1. The lowest BCUT2D eigenvalue weighted by Crippen LogP contribution is -2.37.